The van der Waals surface area contributed by atoms with Crippen molar-refractivity contribution in [1.82, 2.24) is 0 Å². The van der Waals surface area contributed by atoms with Gasteiger partial charge < -0.3 is 20.1 Å². The second-order valence-corrected chi connectivity index (χ2v) is 7.11. The van der Waals surface area contributed by atoms with E-state index in [9.17, 15) is 20.1 Å². The number of ether oxygens (including phenoxy) is 1. The standard InChI is InChI=1S/C22H18O5/c23-9-10-27-21-13-6-2-1-5-12(13)20(25)18-17(21)15-11-22(18,26)16-8-4-3-7-14(16)19(15)24/h1-8,15,23,25-26H,9-11H2/t15-,22+/m0/s1. The van der Waals surface area contributed by atoms with E-state index in [1.165, 1.54) is 0 Å². The molecule has 27 heavy (non-hydrogen) atoms. The number of carbonyl (C=O) groups is 1. The number of phenolic OH excluding ortho intramolecular Hbond substituents is 1. The molecule has 3 aromatic carbocycles. The van der Waals surface area contributed by atoms with Crippen LogP contribution in [0.5, 0.6) is 11.5 Å². The molecule has 2 aliphatic rings. The molecule has 2 bridgehead atoms. The maximum atomic E-state index is 13.2. The minimum atomic E-state index is -1.45. The Hall–Kier alpha value is -2.89. The minimum absolute atomic E-state index is 0.0218. The van der Waals surface area contributed by atoms with Gasteiger partial charge in [-0.25, -0.2) is 0 Å². The van der Waals surface area contributed by atoms with Crippen LogP contribution in [0.15, 0.2) is 48.5 Å². The molecule has 3 aromatic rings. The quantitative estimate of drug-likeness (QED) is 0.667. The third-order valence-corrected chi connectivity index (χ3v) is 5.73. The summed E-state index contributed by atoms with van der Waals surface area (Å²) in [5.74, 6) is -0.248. The van der Waals surface area contributed by atoms with E-state index in [0.717, 1.165) is 0 Å². The van der Waals surface area contributed by atoms with Gasteiger partial charge in [-0.05, 0) is 12.0 Å². The lowest BCUT2D eigenvalue weighted by Gasteiger charge is -2.30. The average Bonchev–Trinajstić information content (AvgIpc) is 2.98. The minimum Gasteiger partial charge on any atom is -0.507 e. The van der Waals surface area contributed by atoms with Crippen LogP contribution in [-0.4, -0.2) is 34.3 Å². The zero-order valence-electron chi connectivity index (χ0n) is 14.5. The Labute approximate surface area is 155 Å². The number of phenols is 1. The molecule has 3 N–H and O–H groups in total. The number of aliphatic hydroxyl groups excluding tert-OH is 1. The van der Waals surface area contributed by atoms with Crippen LogP contribution in [0.3, 0.4) is 0 Å². The fourth-order valence-corrected chi connectivity index (χ4v) is 4.68. The number of ketones is 1. The van der Waals surface area contributed by atoms with Crippen molar-refractivity contribution in [3.8, 4) is 11.5 Å². The van der Waals surface area contributed by atoms with Gasteiger partial charge in [0, 0.05) is 27.5 Å². The molecule has 5 nitrogen and oxygen atoms in total. The Balaban J connectivity index is 1.91. The van der Waals surface area contributed by atoms with E-state index in [4.69, 9.17) is 4.74 Å². The van der Waals surface area contributed by atoms with Gasteiger partial charge in [0.1, 0.15) is 23.7 Å². The maximum absolute atomic E-state index is 13.2. The van der Waals surface area contributed by atoms with Gasteiger partial charge in [-0.2, -0.15) is 0 Å². The summed E-state index contributed by atoms with van der Waals surface area (Å²) < 4.78 is 5.84. The number of fused-ring (bicyclic) bond motifs is 8. The lowest BCUT2D eigenvalue weighted by molar-refractivity contribution is 0.0595. The number of Topliss-reactive ketones (excluding diaryl/α,β-unsaturated/α-hetero) is 1. The van der Waals surface area contributed by atoms with Crippen LogP contribution in [0.4, 0.5) is 0 Å². The fourth-order valence-electron chi connectivity index (χ4n) is 4.68. The molecule has 0 fully saturated rings. The van der Waals surface area contributed by atoms with Crippen LogP contribution >= 0.6 is 0 Å². The summed E-state index contributed by atoms with van der Waals surface area (Å²) in [7, 11) is 0. The molecule has 2 aliphatic carbocycles. The first-order chi connectivity index (χ1) is 13.1. The fraction of sp³-hybridized carbons (Fsp3) is 0.227. The second kappa shape index (κ2) is 5.55. The molecular formula is C22H18O5. The van der Waals surface area contributed by atoms with Crippen molar-refractivity contribution in [1.29, 1.82) is 0 Å². The molecule has 5 heteroatoms. The smallest absolute Gasteiger partial charge is 0.171 e. The van der Waals surface area contributed by atoms with E-state index in [1.54, 1.807) is 36.4 Å². The summed E-state index contributed by atoms with van der Waals surface area (Å²) in [5.41, 5.74) is 0.421. The van der Waals surface area contributed by atoms with Gasteiger partial charge in [0.15, 0.2) is 5.78 Å². The lowest BCUT2D eigenvalue weighted by Crippen LogP contribution is -2.31. The highest BCUT2D eigenvalue weighted by Crippen LogP contribution is 2.61. The number of aliphatic hydroxyl groups is 2. The molecule has 0 radical (unpaired) electrons. The summed E-state index contributed by atoms with van der Waals surface area (Å²) >= 11 is 0. The highest BCUT2D eigenvalue weighted by Gasteiger charge is 2.55. The predicted molar refractivity (Wildman–Crippen MR) is 99.3 cm³/mol. The predicted octanol–water partition coefficient (Wildman–Crippen LogP) is 2.84. The Kier molecular flexibility index (Phi) is 3.35. The van der Waals surface area contributed by atoms with E-state index in [0.29, 0.717) is 38.8 Å². The van der Waals surface area contributed by atoms with E-state index < -0.39 is 11.5 Å². The summed E-state index contributed by atoms with van der Waals surface area (Å²) in [6.07, 6.45) is 0.178. The molecule has 136 valence electrons. The van der Waals surface area contributed by atoms with Gasteiger partial charge in [-0.3, -0.25) is 4.79 Å². The first-order valence-electron chi connectivity index (χ1n) is 8.95. The SMILES string of the molecule is O=C1c2ccccc2[C@]2(O)C[C@H]1c1c2c(O)c2ccccc2c1OCCO. The largest absolute Gasteiger partial charge is 0.507 e. The number of carbonyl (C=O) groups excluding carboxylic acids is 1. The first kappa shape index (κ1) is 16.3. The number of benzene rings is 3. The zero-order chi connectivity index (χ0) is 18.8. The van der Waals surface area contributed by atoms with Crippen LogP contribution < -0.4 is 4.74 Å². The van der Waals surface area contributed by atoms with Crippen molar-refractivity contribution in [3.63, 3.8) is 0 Å². The van der Waals surface area contributed by atoms with Crippen molar-refractivity contribution < 1.29 is 24.9 Å². The van der Waals surface area contributed by atoms with Crippen molar-refractivity contribution in [2.45, 2.75) is 17.9 Å². The number of hydrogen-bond acceptors (Lipinski definition) is 5. The van der Waals surface area contributed by atoms with E-state index in [1.807, 2.05) is 12.1 Å². The molecule has 0 spiro atoms. The highest BCUT2D eigenvalue weighted by atomic mass is 16.5. The monoisotopic (exact) mass is 362 g/mol. The van der Waals surface area contributed by atoms with Crippen LogP contribution in [0, 0.1) is 0 Å². The van der Waals surface area contributed by atoms with Crippen molar-refractivity contribution in [2.24, 2.45) is 0 Å². The summed E-state index contributed by atoms with van der Waals surface area (Å²) in [5, 5.41) is 33.1. The molecule has 0 unspecified atom stereocenters. The van der Waals surface area contributed by atoms with E-state index in [2.05, 4.69) is 0 Å². The zero-order valence-corrected chi connectivity index (χ0v) is 14.5. The van der Waals surface area contributed by atoms with E-state index in [-0.39, 0.29) is 31.2 Å². The van der Waals surface area contributed by atoms with Crippen LogP contribution in [0.1, 0.15) is 39.4 Å². The number of rotatable bonds is 3. The van der Waals surface area contributed by atoms with Gasteiger partial charge in [-0.1, -0.05) is 48.5 Å². The van der Waals surface area contributed by atoms with Gasteiger partial charge >= 0.3 is 0 Å². The third kappa shape index (κ3) is 1.98. The molecule has 5 rings (SSSR count). The molecular weight excluding hydrogens is 344 g/mol. The highest BCUT2D eigenvalue weighted by molar-refractivity contribution is 6.09. The maximum Gasteiger partial charge on any atom is 0.171 e. The lowest BCUT2D eigenvalue weighted by atomic mass is 9.77. The Morgan fingerprint density at radius 2 is 1.78 bits per heavy atom. The molecule has 0 amide bonds. The van der Waals surface area contributed by atoms with Crippen molar-refractivity contribution in [2.75, 3.05) is 13.2 Å². The first-order valence-corrected chi connectivity index (χ1v) is 8.95. The third-order valence-electron chi connectivity index (χ3n) is 5.73. The average molecular weight is 362 g/mol. The Morgan fingerprint density at radius 1 is 1.07 bits per heavy atom. The Morgan fingerprint density at radius 3 is 2.56 bits per heavy atom. The second-order valence-electron chi connectivity index (χ2n) is 7.11. The summed E-state index contributed by atoms with van der Waals surface area (Å²) in [4.78, 5) is 13.2. The van der Waals surface area contributed by atoms with Crippen LogP contribution in [0.25, 0.3) is 10.8 Å². The van der Waals surface area contributed by atoms with Gasteiger partial charge in [0.2, 0.25) is 0 Å². The summed E-state index contributed by atoms with van der Waals surface area (Å²) in [6.45, 7) is -0.111. The molecule has 0 saturated carbocycles. The number of aromatic hydroxyl groups is 1. The normalized spacial score (nSPS) is 22.6. The van der Waals surface area contributed by atoms with Gasteiger partial charge in [-0.15, -0.1) is 0 Å². The Bertz CT molecular complexity index is 1100. The molecule has 2 atom stereocenters. The van der Waals surface area contributed by atoms with Crippen molar-refractivity contribution >= 4 is 16.6 Å². The molecule has 0 heterocycles. The van der Waals surface area contributed by atoms with Crippen molar-refractivity contribution in [3.05, 3.63) is 70.8 Å². The van der Waals surface area contributed by atoms with Crippen LogP contribution in [0.2, 0.25) is 0 Å². The van der Waals surface area contributed by atoms with E-state index >= 15 is 0 Å². The summed E-state index contributed by atoms with van der Waals surface area (Å²) in [6, 6.07) is 14.2. The molecule has 0 aliphatic heterocycles. The van der Waals surface area contributed by atoms with Gasteiger partial charge in [0.25, 0.3) is 0 Å². The van der Waals surface area contributed by atoms with Crippen LogP contribution in [-0.2, 0) is 5.60 Å². The number of hydrogen-bond donors (Lipinski definition) is 3. The molecule has 0 saturated heterocycles. The van der Waals surface area contributed by atoms with Gasteiger partial charge in [0.05, 0.1) is 12.5 Å². The topological polar surface area (TPSA) is 87.0 Å². The molecule has 0 aromatic heterocycles.